The van der Waals surface area contributed by atoms with Crippen LogP contribution in [0.25, 0.3) is 16.7 Å². The zero-order chi connectivity index (χ0) is 15.9. The number of anilines is 1. The molecule has 110 valence electrons. The van der Waals surface area contributed by atoms with Crippen LogP contribution in [0.15, 0.2) is 35.3 Å². The first-order valence-electron chi connectivity index (χ1n) is 7.13. The van der Waals surface area contributed by atoms with Crippen molar-refractivity contribution < 1.29 is 4.57 Å². The molecule has 3 rings (SSSR count). The van der Waals surface area contributed by atoms with Crippen LogP contribution in [0.4, 0.5) is 5.82 Å². The third-order valence-corrected chi connectivity index (χ3v) is 3.95. The maximum atomic E-state index is 12.7. The number of nitriles is 1. The molecule has 0 aliphatic carbocycles. The average molecular weight is 294 g/mol. The number of nitrogen functional groups attached to an aromatic ring is 1. The van der Waals surface area contributed by atoms with Crippen molar-refractivity contribution in [2.24, 2.45) is 0 Å². The van der Waals surface area contributed by atoms with Crippen LogP contribution in [0, 0.1) is 11.3 Å². The lowest BCUT2D eigenvalue weighted by molar-refractivity contribution is -0.683. The summed E-state index contributed by atoms with van der Waals surface area (Å²) in [6, 6.07) is 8.99. The third kappa shape index (κ3) is 1.91. The number of fused-ring (bicyclic) bond motifs is 2. The fourth-order valence-corrected chi connectivity index (χ4v) is 2.58. The summed E-state index contributed by atoms with van der Waals surface area (Å²) in [5, 5.41) is 9.69. The molecule has 0 unspecified atom stereocenters. The van der Waals surface area contributed by atoms with E-state index in [1.54, 1.807) is 22.9 Å². The highest BCUT2D eigenvalue weighted by molar-refractivity contribution is 5.76. The van der Waals surface area contributed by atoms with Crippen LogP contribution in [0.2, 0.25) is 0 Å². The monoisotopic (exact) mass is 294 g/mol. The summed E-state index contributed by atoms with van der Waals surface area (Å²) in [7, 11) is 0. The van der Waals surface area contributed by atoms with Crippen LogP contribution in [-0.4, -0.2) is 9.38 Å². The van der Waals surface area contributed by atoms with E-state index in [-0.39, 0.29) is 11.6 Å². The molecular weight excluding hydrogens is 278 g/mol. The van der Waals surface area contributed by atoms with E-state index in [1.807, 2.05) is 19.9 Å². The lowest BCUT2D eigenvalue weighted by Crippen LogP contribution is -2.43. The van der Waals surface area contributed by atoms with Gasteiger partial charge in [0, 0.05) is 6.20 Å². The lowest BCUT2D eigenvalue weighted by atomic mass is 10.1. The van der Waals surface area contributed by atoms with Crippen molar-refractivity contribution in [3.8, 4) is 6.07 Å². The Balaban J connectivity index is 2.58. The van der Waals surface area contributed by atoms with Gasteiger partial charge in [0.15, 0.2) is 0 Å². The summed E-state index contributed by atoms with van der Waals surface area (Å²) < 4.78 is 3.25. The van der Waals surface area contributed by atoms with Gasteiger partial charge in [0.25, 0.3) is 11.2 Å². The normalized spacial score (nSPS) is 12.4. The minimum atomic E-state index is -0.200. The van der Waals surface area contributed by atoms with Crippen LogP contribution in [0.5, 0.6) is 0 Å². The minimum Gasteiger partial charge on any atom is -0.317 e. The van der Waals surface area contributed by atoms with Crippen LogP contribution in [-0.2, 0) is 0 Å². The predicted molar refractivity (Wildman–Crippen MR) is 83.3 cm³/mol. The van der Waals surface area contributed by atoms with Crippen molar-refractivity contribution in [3.05, 3.63) is 46.4 Å². The second kappa shape index (κ2) is 5.11. The number of aromatic nitrogens is 3. The largest absolute Gasteiger partial charge is 0.317 e. The summed E-state index contributed by atoms with van der Waals surface area (Å²) in [6.45, 7) is 4.02. The Kier molecular flexibility index (Phi) is 3.26. The summed E-state index contributed by atoms with van der Waals surface area (Å²) in [5.74, 6) is 0.344. The quantitative estimate of drug-likeness (QED) is 0.574. The van der Waals surface area contributed by atoms with Crippen molar-refractivity contribution in [1.82, 2.24) is 9.38 Å². The SMILES string of the molecule is CC[C@@H](C)[n+]1c(N)c(C#N)cc2c(=O)n3ccccc3nc21. The van der Waals surface area contributed by atoms with Gasteiger partial charge < -0.3 is 5.73 Å². The van der Waals surface area contributed by atoms with Gasteiger partial charge in [0.2, 0.25) is 11.5 Å². The molecule has 22 heavy (non-hydrogen) atoms. The highest BCUT2D eigenvalue weighted by Gasteiger charge is 2.23. The van der Waals surface area contributed by atoms with E-state index in [0.29, 0.717) is 28.1 Å². The number of rotatable bonds is 2. The van der Waals surface area contributed by atoms with E-state index in [1.165, 1.54) is 10.5 Å². The van der Waals surface area contributed by atoms with Crippen molar-refractivity contribution in [1.29, 1.82) is 5.26 Å². The van der Waals surface area contributed by atoms with E-state index in [2.05, 4.69) is 11.1 Å². The van der Waals surface area contributed by atoms with Crippen LogP contribution >= 0.6 is 0 Å². The Bertz CT molecular complexity index is 984. The molecule has 0 radical (unpaired) electrons. The molecular formula is C16H16N5O+. The summed E-state index contributed by atoms with van der Waals surface area (Å²) in [4.78, 5) is 17.3. The molecule has 0 aliphatic rings. The summed E-state index contributed by atoms with van der Waals surface area (Å²) >= 11 is 0. The molecule has 1 atom stereocenters. The van der Waals surface area contributed by atoms with Gasteiger partial charge in [-0.2, -0.15) is 5.26 Å². The summed E-state index contributed by atoms with van der Waals surface area (Å²) in [6.07, 6.45) is 2.48. The van der Waals surface area contributed by atoms with Gasteiger partial charge in [-0.15, -0.1) is 0 Å². The Hall–Kier alpha value is -2.94. The van der Waals surface area contributed by atoms with Gasteiger partial charge in [-0.3, -0.25) is 9.20 Å². The topological polar surface area (TPSA) is 88.1 Å². The fourth-order valence-electron chi connectivity index (χ4n) is 2.58. The predicted octanol–water partition coefficient (Wildman–Crippen LogP) is 1.56. The van der Waals surface area contributed by atoms with Gasteiger partial charge in [-0.05, 0) is 31.5 Å². The third-order valence-electron chi connectivity index (χ3n) is 3.95. The Labute approximate surface area is 127 Å². The Morgan fingerprint density at radius 3 is 2.95 bits per heavy atom. The first-order chi connectivity index (χ1) is 10.6. The second-order valence-corrected chi connectivity index (χ2v) is 5.27. The first kappa shape index (κ1) is 14.0. The molecule has 6 nitrogen and oxygen atoms in total. The number of nitrogens with zero attached hydrogens (tertiary/aromatic N) is 4. The van der Waals surface area contributed by atoms with E-state index >= 15 is 0 Å². The molecule has 0 aromatic carbocycles. The second-order valence-electron chi connectivity index (χ2n) is 5.27. The van der Waals surface area contributed by atoms with Gasteiger partial charge in [0.05, 0.1) is 6.04 Å². The molecule has 0 bridgehead atoms. The molecule has 0 fully saturated rings. The number of hydrogen-bond acceptors (Lipinski definition) is 4. The Morgan fingerprint density at radius 1 is 1.50 bits per heavy atom. The van der Waals surface area contributed by atoms with Gasteiger partial charge in [0.1, 0.15) is 17.0 Å². The zero-order valence-electron chi connectivity index (χ0n) is 12.4. The van der Waals surface area contributed by atoms with Gasteiger partial charge in [-0.25, -0.2) is 4.57 Å². The molecule has 0 saturated heterocycles. The van der Waals surface area contributed by atoms with Crippen molar-refractivity contribution in [2.75, 3.05) is 5.73 Å². The average Bonchev–Trinajstić information content (AvgIpc) is 2.54. The molecule has 6 heteroatoms. The molecule has 3 aromatic heterocycles. The molecule has 3 aromatic rings. The van der Waals surface area contributed by atoms with Crippen LogP contribution in [0.3, 0.4) is 0 Å². The van der Waals surface area contributed by atoms with E-state index in [0.717, 1.165) is 6.42 Å². The van der Waals surface area contributed by atoms with E-state index in [4.69, 9.17) is 5.73 Å². The molecule has 0 aliphatic heterocycles. The molecule has 0 saturated carbocycles. The minimum absolute atomic E-state index is 0.0360. The maximum Gasteiger partial charge on any atom is 0.278 e. The highest BCUT2D eigenvalue weighted by Crippen LogP contribution is 2.17. The van der Waals surface area contributed by atoms with Crippen molar-refractivity contribution in [2.45, 2.75) is 26.3 Å². The Morgan fingerprint density at radius 2 is 2.27 bits per heavy atom. The van der Waals surface area contributed by atoms with Crippen molar-refractivity contribution >= 4 is 22.5 Å². The molecule has 0 amide bonds. The van der Waals surface area contributed by atoms with E-state index < -0.39 is 0 Å². The fraction of sp³-hybridized carbons (Fsp3) is 0.250. The first-order valence-corrected chi connectivity index (χ1v) is 7.13. The van der Waals surface area contributed by atoms with Crippen LogP contribution < -0.4 is 15.9 Å². The number of pyridine rings is 2. The zero-order valence-corrected chi connectivity index (χ0v) is 12.4. The van der Waals surface area contributed by atoms with Gasteiger partial charge >= 0.3 is 0 Å². The summed E-state index contributed by atoms with van der Waals surface area (Å²) in [5.41, 5.74) is 7.29. The van der Waals surface area contributed by atoms with E-state index in [9.17, 15) is 10.1 Å². The smallest absolute Gasteiger partial charge is 0.278 e. The molecule has 2 N–H and O–H groups in total. The molecule has 3 heterocycles. The highest BCUT2D eigenvalue weighted by atomic mass is 16.1. The maximum absolute atomic E-state index is 12.7. The molecule has 0 spiro atoms. The number of nitrogens with two attached hydrogens (primary N) is 1. The lowest BCUT2D eigenvalue weighted by Gasteiger charge is -2.14. The number of hydrogen-bond donors (Lipinski definition) is 1. The standard InChI is InChI=1S/C16H15N5O/c1-3-10(2)21-14(18)11(9-17)8-12-15(21)19-13-6-4-5-7-20(13)16(12)22/h4-8,10,18H,3H2,1-2H3/p+1/t10-/m1/s1. The van der Waals surface area contributed by atoms with Crippen LogP contribution in [0.1, 0.15) is 31.9 Å². The van der Waals surface area contributed by atoms with Crippen molar-refractivity contribution in [3.63, 3.8) is 0 Å². The van der Waals surface area contributed by atoms with Gasteiger partial charge in [-0.1, -0.05) is 18.0 Å².